The minimum absolute atomic E-state index is 0.122. The molecule has 2 N–H and O–H groups in total. The number of aromatic amines is 1. The highest BCUT2D eigenvalue weighted by Crippen LogP contribution is 2.26. The molecule has 0 saturated carbocycles. The molecule has 1 amide bonds. The van der Waals surface area contributed by atoms with E-state index < -0.39 is 0 Å². The van der Waals surface area contributed by atoms with Crippen LogP contribution >= 0.6 is 0 Å². The van der Waals surface area contributed by atoms with E-state index in [4.69, 9.17) is 9.47 Å². The van der Waals surface area contributed by atoms with E-state index in [-0.39, 0.29) is 11.9 Å². The third kappa shape index (κ3) is 2.77. The Hall–Kier alpha value is -3.68. The lowest BCUT2D eigenvalue weighted by Crippen LogP contribution is -2.14. The number of carbonyl (C=O) groups is 1. The van der Waals surface area contributed by atoms with Crippen LogP contribution < -0.4 is 14.8 Å². The third-order valence-corrected chi connectivity index (χ3v) is 4.00. The molecule has 4 rings (SSSR count). The Morgan fingerprint density at radius 1 is 1.00 bits per heavy atom. The van der Waals surface area contributed by atoms with Crippen LogP contribution in [0.1, 0.15) is 10.4 Å². The first-order valence-corrected chi connectivity index (χ1v) is 7.83. The number of fused-ring (bicyclic) bond motifs is 3. The van der Waals surface area contributed by atoms with Gasteiger partial charge in [0.15, 0.2) is 5.65 Å². The Balaban J connectivity index is 1.64. The third-order valence-electron chi connectivity index (χ3n) is 4.00. The SMILES string of the molecule is COc1ccc(C(=O)Nc2nnc3c(n2)[nH]c2ccc(OC)cc23)cc1. The van der Waals surface area contributed by atoms with E-state index in [1.807, 2.05) is 18.2 Å². The van der Waals surface area contributed by atoms with Crippen molar-refractivity contribution in [2.24, 2.45) is 0 Å². The molecular weight excluding hydrogens is 334 g/mol. The number of nitrogens with zero attached hydrogens (tertiary/aromatic N) is 3. The average Bonchev–Trinajstić information content (AvgIpc) is 3.04. The number of anilines is 1. The van der Waals surface area contributed by atoms with E-state index in [0.717, 1.165) is 16.7 Å². The van der Waals surface area contributed by atoms with Gasteiger partial charge < -0.3 is 14.5 Å². The van der Waals surface area contributed by atoms with Gasteiger partial charge in [0.25, 0.3) is 11.9 Å². The van der Waals surface area contributed by atoms with Gasteiger partial charge in [-0.25, -0.2) is 0 Å². The molecule has 0 aliphatic heterocycles. The summed E-state index contributed by atoms with van der Waals surface area (Å²) in [7, 11) is 3.17. The molecular formula is C18H15N5O3. The van der Waals surface area contributed by atoms with Gasteiger partial charge in [-0.05, 0) is 42.5 Å². The van der Waals surface area contributed by atoms with Crippen LogP contribution in [-0.4, -0.2) is 40.3 Å². The lowest BCUT2D eigenvalue weighted by Gasteiger charge is -2.04. The number of aromatic nitrogens is 4. The minimum atomic E-state index is -0.327. The summed E-state index contributed by atoms with van der Waals surface area (Å²) in [5.41, 5.74) is 2.48. The van der Waals surface area contributed by atoms with Crippen molar-refractivity contribution in [1.29, 1.82) is 0 Å². The van der Waals surface area contributed by atoms with Crippen LogP contribution in [0.25, 0.3) is 22.1 Å². The number of benzene rings is 2. The Bertz CT molecular complexity index is 1110. The number of amides is 1. The summed E-state index contributed by atoms with van der Waals surface area (Å²) in [6.45, 7) is 0. The van der Waals surface area contributed by atoms with Gasteiger partial charge in [0.05, 0.1) is 14.2 Å². The number of rotatable bonds is 4. The monoisotopic (exact) mass is 349 g/mol. The van der Waals surface area contributed by atoms with Crippen LogP contribution in [0.5, 0.6) is 11.5 Å². The molecule has 0 unspecified atom stereocenters. The van der Waals surface area contributed by atoms with Crippen molar-refractivity contribution < 1.29 is 14.3 Å². The molecule has 0 aliphatic carbocycles. The molecule has 0 radical (unpaired) electrons. The summed E-state index contributed by atoms with van der Waals surface area (Å²) in [5, 5.41) is 11.7. The van der Waals surface area contributed by atoms with Crippen molar-refractivity contribution in [3.8, 4) is 11.5 Å². The van der Waals surface area contributed by atoms with Crippen LogP contribution in [0.2, 0.25) is 0 Å². The number of methoxy groups -OCH3 is 2. The summed E-state index contributed by atoms with van der Waals surface area (Å²) in [4.78, 5) is 19.8. The predicted octanol–water partition coefficient (Wildman–Crippen LogP) is 2.78. The second-order valence-corrected chi connectivity index (χ2v) is 5.55. The van der Waals surface area contributed by atoms with Crippen molar-refractivity contribution in [3.05, 3.63) is 48.0 Å². The first kappa shape index (κ1) is 15.8. The highest BCUT2D eigenvalue weighted by Gasteiger charge is 2.13. The molecule has 26 heavy (non-hydrogen) atoms. The average molecular weight is 349 g/mol. The van der Waals surface area contributed by atoms with Crippen LogP contribution in [0.3, 0.4) is 0 Å². The first-order chi connectivity index (χ1) is 12.7. The maximum absolute atomic E-state index is 12.3. The Labute approximate surface area is 148 Å². The molecule has 2 aromatic carbocycles. The summed E-state index contributed by atoms with van der Waals surface area (Å²) < 4.78 is 10.3. The maximum atomic E-state index is 12.3. The van der Waals surface area contributed by atoms with Gasteiger partial charge >= 0.3 is 0 Å². The molecule has 8 heteroatoms. The zero-order chi connectivity index (χ0) is 18.1. The fourth-order valence-electron chi connectivity index (χ4n) is 2.65. The van der Waals surface area contributed by atoms with E-state index in [1.165, 1.54) is 0 Å². The van der Waals surface area contributed by atoms with E-state index in [9.17, 15) is 4.79 Å². The Kier molecular flexibility index (Phi) is 3.85. The largest absolute Gasteiger partial charge is 0.497 e. The van der Waals surface area contributed by atoms with Crippen molar-refractivity contribution in [1.82, 2.24) is 20.2 Å². The Morgan fingerprint density at radius 2 is 1.73 bits per heavy atom. The number of ether oxygens (including phenoxy) is 2. The molecule has 8 nitrogen and oxygen atoms in total. The number of hydrogen-bond acceptors (Lipinski definition) is 6. The van der Waals surface area contributed by atoms with E-state index in [0.29, 0.717) is 22.5 Å². The van der Waals surface area contributed by atoms with Gasteiger partial charge in [0.2, 0.25) is 0 Å². The second-order valence-electron chi connectivity index (χ2n) is 5.55. The number of nitrogens with one attached hydrogen (secondary N) is 2. The fraction of sp³-hybridized carbons (Fsp3) is 0.111. The van der Waals surface area contributed by atoms with E-state index in [2.05, 4.69) is 25.5 Å². The lowest BCUT2D eigenvalue weighted by atomic mass is 10.2. The predicted molar refractivity (Wildman–Crippen MR) is 96.7 cm³/mol. The topological polar surface area (TPSA) is 102 Å². The lowest BCUT2D eigenvalue weighted by molar-refractivity contribution is 0.102. The second kappa shape index (κ2) is 6.32. The van der Waals surface area contributed by atoms with Crippen molar-refractivity contribution in [2.75, 3.05) is 19.5 Å². The van der Waals surface area contributed by atoms with Gasteiger partial charge in [-0.3, -0.25) is 10.1 Å². The Morgan fingerprint density at radius 3 is 2.46 bits per heavy atom. The van der Waals surface area contributed by atoms with Gasteiger partial charge in [0, 0.05) is 16.5 Å². The highest BCUT2D eigenvalue weighted by molar-refractivity contribution is 6.05. The van der Waals surface area contributed by atoms with Gasteiger partial charge in [-0.1, -0.05) is 0 Å². The number of hydrogen-bond donors (Lipinski definition) is 2. The highest BCUT2D eigenvalue weighted by atomic mass is 16.5. The number of H-pyrrole nitrogens is 1. The molecule has 0 atom stereocenters. The number of carbonyl (C=O) groups excluding carboxylic acids is 1. The van der Waals surface area contributed by atoms with E-state index >= 15 is 0 Å². The molecule has 0 aliphatic rings. The van der Waals surface area contributed by atoms with Crippen LogP contribution in [-0.2, 0) is 0 Å². The van der Waals surface area contributed by atoms with Gasteiger partial charge in [0.1, 0.15) is 17.0 Å². The smallest absolute Gasteiger partial charge is 0.258 e. The maximum Gasteiger partial charge on any atom is 0.258 e. The zero-order valence-electron chi connectivity index (χ0n) is 14.1. The molecule has 130 valence electrons. The van der Waals surface area contributed by atoms with Gasteiger partial charge in [-0.15, -0.1) is 10.2 Å². The van der Waals surface area contributed by atoms with Crippen LogP contribution in [0.4, 0.5) is 5.95 Å². The fourth-order valence-corrected chi connectivity index (χ4v) is 2.65. The molecule has 0 fully saturated rings. The summed E-state index contributed by atoms with van der Waals surface area (Å²) >= 11 is 0. The molecule has 2 aromatic heterocycles. The zero-order valence-corrected chi connectivity index (χ0v) is 14.1. The van der Waals surface area contributed by atoms with Crippen molar-refractivity contribution >= 4 is 33.9 Å². The summed E-state index contributed by atoms with van der Waals surface area (Å²) in [5.74, 6) is 1.19. The molecule has 4 aromatic rings. The quantitative estimate of drug-likeness (QED) is 0.587. The standard InChI is InChI=1S/C18H15N5O3/c1-25-11-5-3-10(4-6-11)17(24)21-18-20-16-15(22-23-18)13-9-12(26-2)7-8-14(13)19-16/h3-9H,1-2H3,(H2,19,20,21,23,24). The molecule has 0 spiro atoms. The minimum Gasteiger partial charge on any atom is -0.497 e. The van der Waals surface area contributed by atoms with Crippen molar-refractivity contribution in [2.45, 2.75) is 0 Å². The first-order valence-electron chi connectivity index (χ1n) is 7.83. The molecule has 0 saturated heterocycles. The van der Waals surface area contributed by atoms with Crippen LogP contribution in [0.15, 0.2) is 42.5 Å². The summed E-state index contributed by atoms with van der Waals surface area (Å²) in [6.07, 6.45) is 0. The van der Waals surface area contributed by atoms with Crippen molar-refractivity contribution in [3.63, 3.8) is 0 Å². The van der Waals surface area contributed by atoms with Gasteiger partial charge in [-0.2, -0.15) is 4.98 Å². The summed E-state index contributed by atoms with van der Waals surface area (Å²) in [6, 6.07) is 12.3. The molecule has 2 heterocycles. The van der Waals surface area contributed by atoms with E-state index in [1.54, 1.807) is 38.5 Å². The van der Waals surface area contributed by atoms with Crippen LogP contribution in [0, 0.1) is 0 Å². The normalized spacial score (nSPS) is 10.8. The molecule has 0 bridgehead atoms.